The Balaban J connectivity index is 0.000000823. The zero-order valence-corrected chi connectivity index (χ0v) is 44.8. The molecule has 4 aromatic rings. The summed E-state index contributed by atoms with van der Waals surface area (Å²) in [6, 6.07) is 22.0. The van der Waals surface area contributed by atoms with Gasteiger partial charge in [-0.15, -0.1) is 0 Å². The molecule has 0 bridgehead atoms. The number of hydrogen-bond donors (Lipinski definition) is 4. The Kier molecular flexibility index (Phi) is 12.9. The van der Waals surface area contributed by atoms with E-state index in [-0.39, 0.29) is 218 Å². The van der Waals surface area contributed by atoms with Crippen molar-refractivity contribution in [2.45, 2.75) is 0 Å². The van der Waals surface area contributed by atoms with Gasteiger partial charge in [-0.05, 0) is 74.4 Å². The van der Waals surface area contributed by atoms with Crippen LogP contribution in [0.1, 0.15) is 96.6 Å². The monoisotopic (exact) mass is 1170 g/mol. The van der Waals surface area contributed by atoms with Crippen LogP contribution in [0.3, 0.4) is 0 Å². The van der Waals surface area contributed by atoms with Crippen LogP contribution in [0.5, 0.6) is 0 Å². The van der Waals surface area contributed by atoms with Crippen LogP contribution < -0.4 is 21.3 Å². The molecule has 0 aliphatic heterocycles. The zero-order chi connectivity index (χ0) is 62.4. The summed E-state index contributed by atoms with van der Waals surface area (Å²) < 4.78 is 177. The van der Waals surface area contributed by atoms with Crippen LogP contribution in [0.25, 0.3) is 0 Å². The van der Waals surface area contributed by atoms with E-state index in [1.165, 1.54) is 48.5 Å². The zero-order valence-electron chi connectivity index (χ0n) is 57.4. The van der Waals surface area contributed by atoms with E-state index >= 15 is 0 Å². The first-order chi connectivity index (χ1) is 37.2. The number of fused-ring (bicyclic) bond motifs is 4. The fourth-order valence-corrected chi connectivity index (χ4v) is 6.11. The predicted molar refractivity (Wildman–Crippen MR) is 229 cm³/mol. The maximum atomic E-state index is 13.5. The summed E-state index contributed by atoms with van der Waals surface area (Å²) in [5.41, 5.74) is -0.414. The van der Waals surface area contributed by atoms with E-state index in [9.17, 15) is 24.4 Å². The van der Waals surface area contributed by atoms with Gasteiger partial charge in [0.25, 0.3) is 0 Å². The maximum Gasteiger partial charge on any atom is 0.0955 e. The van der Waals surface area contributed by atoms with E-state index in [1.54, 1.807) is 0 Å². The van der Waals surface area contributed by atoms with Gasteiger partial charge in [-0.2, -0.15) is 22.3 Å². The summed E-state index contributed by atoms with van der Waals surface area (Å²) in [6.45, 7) is -27.6. The first-order valence-corrected chi connectivity index (χ1v) is 17.6. The summed E-state index contributed by atoms with van der Waals surface area (Å²) in [4.78, 5) is 54.7. The van der Waals surface area contributed by atoms with Crippen LogP contribution in [0, 0.1) is 29.5 Å². The summed E-state index contributed by atoms with van der Waals surface area (Å²) >= 11 is 0. The number of likely N-dealkylation sites (N-methyl/N-ethyl adjacent to an activating group) is 4. The number of benzene rings is 4. The number of nitrogens with zero attached hydrogens (tertiary/aromatic N) is 4. The normalized spacial score (nSPS) is 19.8. The molecule has 0 fully saturated rings. The van der Waals surface area contributed by atoms with Crippen molar-refractivity contribution < 1.29 is 192 Å². The first-order valence-electron chi connectivity index (χ1n) is 29.6. The largest absolute Gasteiger partial charge is 0.633 e. The van der Waals surface area contributed by atoms with Crippen molar-refractivity contribution in [2.24, 2.45) is 0 Å². The number of anilines is 4. The number of hydrogen-bond acceptors (Lipinski definition) is 11. The molecule has 0 amide bonds. The summed E-state index contributed by atoms with van der Waals surface area (Å²) in [6.07, 6.45) is 0. The molecule has 17 heteroatoms. The molecule has 0 saturated heterocycles. The SMILES string of the molecule is [2H]C([2H])([2H])N(CCNc1ccc(NCCN(C([2H])([2H])[2H])C([2H])([2H])[2H])c2c1C(=O)c1[c-]cc[c-]c1C2=O)C([2H])([2H])[2H].[2H]C([2H])([2H])[N+](C)(CCNc1ccc(NCC[N+]([O-])(C([2H])([2H])[2H])C([2H])([2H])[2H])c2c1C(=O)c1[c-]cc[c-]c1C2=O)C([2H])([2H])[2H].[Y].[Y].[Y].[Y]. The fourth-order valence-electron chi connectivity index (χ4n) is 6.11. The van der Waals surface area contributed by atoms with Crippen molar-refractivity contribution in [2.75, 3.05) is 136 Å². The van der Waals surface area contributed by atoms with Crippen molar-refractivity contribution in [1.82, 2.24) is 9.80 Å². The number of nitrogens with one attached hydrogen (secondary N) is 4. The molecule has 4 N–H and O–H groups in total. The molecule has 2 aliphatic rings. The Morgan fingerprint density at radius 3 is 1.11 bits per heavy atom. The van der Waals surface area contributed by atoms with Gasteiger partial charge >= 0.3 is 0 Å². The number of carbonyl (C=O) groups excluding carboxylic acids is 4. The van der Waals surface area contributed by atoms with Gasteiger partial charge in [0.2, 0.25) is 0 Å². The minimum absolute atomic E-state index is 0. The van der Waals surface area contributed by atoms with E-state index < -0.39 is 121 Å². The molecule has 0 heterocycles. The first kappa shape index (κ1) is 30.4. The average Bonchev–Trinajstić information content (AvgIpc) is 3.49. The van der Waals surface area contributed by atoms with Crippen molar-refractivity contribution in [1.29, 1.82) is 0 Å². The van der Waals surface area contributed by atoms with Gasteiger partial charge in [0.05, 0.1) is 101 Å². The Bertz CT molecular complexity index is 2810. The van der Waals surface area contributed by atoms with E-state index in [2.05, 4.69) is 45.5 Å². The van der Waals surface area contributed by atoms with Gasteiger partial charge in [0.15, 0.2) is 0 Å². The quantitative estimate of drug-likeness (QED) is 0.0631. The number of quaternary nitrogens is 2. The summed E-state index contributed by atoms with van der Waals surface area (Å²) in [5.74, 6) is -2.50. The van der Waals surface area contributed by atoms with Crippen LogP contribution in [0.15, 0.2) is 48.5 Å². The molecule has 0 atom stereocenters. The predicted octanol–water partition coefficient (Wildman–Crippen LogP) is 4.17. The van der Waals surface area contributed by atoms with Gasteiger partial charge in [0.1, 0.15) is 0 Å². The minimum Gasteiger partial charge on any atom is -0.633 e. The summed E-state index contributed by atoms with van der Waals surface area (Å²) in [7, 11) is 1.06. The number of hydroxylamine groups is 3. The van der Waals surface area contributed by atoms with E-state index in [0.29, 0.717) is 9.80 Å². The van der Waals surface area contributed by atoms with Gasteiger partial charge in [-0.25, -0.2) is 48.5 Å². The van der Waals surface area contributed by atoms with Crippen molar-refractivity contribution in [3.05, 3.63) is 123 Å². The molecule has 0 spiro atoms. The molecule has 0 aromatic heterocycles. The fraction of sp³-hybridized carbons (Fsp3) is 0.378. The Morgan fingerprint density at radius 2 is 0.823 bits per heavy atom. The van der Waals surface area contributed by atoms with E-state index in [1.807, 2.05) is 0 Å². The third-order valence-electron chi connectivity index (χ3n) is 8.72. The molecule has 0 unspecified atom stereocenters. The third-order valence-corrected chi connectivity index (χ3v) is 8.72. The van der Waals surface area contributed by atoms with Crippen molar-refractivity contribution in [3.8, 4) is 0 Å². The number of ketones is 4. The van der Waals surface area contributed by atoms with Crippen LogP contribution >= 0.6 is 0 Å². The van der Waals surface area contributed by atoms with Crippen LogP contribution in [0.4, 0.5) is 22.7 Å². The van der Waals surface area contributed by atoms with Crippen LogP contribution in [-0.2, 0) is 131 Å². The Hall–Kier alpha value is -1.02. The van der Waals surface area contributed by atoms with Gasteiger partial charge in [0, 0.05) is 196 Å². The Labute approximate surface area is 502 Å². The van der Waals surface area contributed by atoms with Gasteiger partial charge in [-0.3, -0.25) is 0 Å². The van der Waals surface area contributed by atoms with Crippen molar-refractivity contribution in [3.63, 3.8) is 0 Å². The molecule has 2 aliphatic carbocycles. The second-order valence-electron chi connectivity index (χ2n) is 13.3. The molecule has 13 nitrogen and oxygen atoms in total. The third kappa shape index (κ3) is 15.5. The number of rotatable bonds is 16. The standard InChI is InChI=1S/C23H29N4O3.C22H26N4O2.4Y/c1-26(2,3)14-12-24-18-10-11-19(25-13-15-27(4,5)30)21-20(18)22(28)16-8-6-7-9-17(16)23(21)29;1-25(2)13-11-23-17-9-10-18(24-12-14-26(3)4)20-19(17)21(27)15-7-5-6-8-16(15)22(20)28;;;;/h6-7,10-11,24-25H,12-15H2,1-5H3;5-6,9-10,23-24H,11-14H2,1-4H3;;;;/q-1;-2;;;;/i1D3,2D3,4D3,5D3;1D3,2D3,3D3,4D3;;;;. The molecule has 4 radical (unpaired) electrons. The molecular weight excluding hydrogens is 1090 g/mol. The minimum atomic E-state index is -3.42. The van der Waals surface area contributed by atoms with Gasteiger partial charge in [-0.1, -0.05) is 0 Å². The molecule has 320 valence electrons. The molecule has 4 aromatic carbocycles. The van der Waals surface area contributed by atoms with E-state index in [4.69, 9.17) is 32.9 Å². The Morgan fingerprint density at radius 1 is 0.516 bits per heavy atom. The second kappa shape index (κ2) is 26.3. The van der Waals surface area contributed by atoms with Crippen molar-refractivity contribution >= 4 is 45.9 Å². The maximum absolute atomic E-state index is 13.5. The second-order valence-corrected chi connectivity index (χ2v) is 13.3. The number of carbonyl (C=O) groups is 4. The van der Waals surface area contributed by atoms with E-state index in [0.717, 1.165) is 7.05 Å². The molecule has 62 heavy (non-hydrogen) atoms. The molecular formula is C45H55N8O5Y4-3. The van der Waals surface area contributed by atoms with Crippen LogP contribution in [-0.4, -0.2) is 157 Å². The molecule has 0 saturated carbocycles. The summed E-state index contributed by atoms with van der Waals surface area (Å²) in [5, 5.41) is 24.1. The van der Waals surface area contributed by atoms with Gasteiger partial charge < -0.3 is 64.6 Å². The smallest absolute Gasteiger partial charge is 0.0955 e. The molecule has 6 rings (SSSR count). The van der Waals surface area contributed by atoms with Crippen LogP contribution in [0.2, 0.25) is 0 Å². The topological polar surface area (TPSA) is 146 Å². The average molecular weight is 1170 g/mol.